The number of ether oxygens (including phenoxy) is 1. The molecule has 0 amide bonds. The molecule has 3 fully saturated rings. The van der Waals surface area contributed by atoms with Gasteiger partial charge in [-0.05, 0) is 49.1 Å². The van der Waals surface area contributed by atoms with Crippen molar-refractivity contribution in [1.82, 2.24) is 19.8 Å². The molecular weight excluding hydrogens is 440 g/mol. The lowest BCUT2D eigenvalue weighted by Crippen LogP contribution is -2.46. The van der Waals surface area contributed by atoms with E-state index in [1.807, 2.05) is 0 Å². The van der Waals surface area contributed by atoms with Crippen molar-refractivity contribution in [2.24, 2.45) is 11.8 Å². The fraction of sp³-hybridized carbons (Fsp3) is 0.607. The molecule has 5 rings (SSSR count). The predicted molar refractivity (Wildman–Crippen MR) is 134 cm³/mol. The van der Waals surface area contributed by atoms with Crippen molar-refractivity contribution in [1.29, 1.82) is 0 Å². The molecule has 0 radical (unpaired) electrons. The smallest absolute Gasteiger partial charge is 0.321 e. The number of aromatic nitrogens is 2. The van der Waals surface area contributed by atoms with Gasteiger partial charge in [-0.3, -0.25) is 9.69 Å². The zero-order valence-electron chi connectivity index (χ0n) is 20.5. The van der Waals surface area contributed by atoms with E-state index in [9.17, 15) is 9.90 Å². The van der Waals surface area contributed by atoms with Gasteiger partial charge >= 0.3 is 12.0 Å². The highest BCUT2D eigenvalue weighted by Gasteiger charge is 2.43. The van der Waals surface area contributed by atoms with Gasteiger partial charge < -0.3 is 14.7 Å². The molecule has 2 aromatic rings. The predicted octanol–water partition coefficient (Wildman–Crippen LogP) is 4.07. The molecule has 1 saturated carbocycles. The molecule has 3 heterocycles. The summed E-state index contributed by atoms with van der Waals surface area (Å²) in [7, 11) is 0. The normalized spacial score (nSPS) is 25.9. The molecule has 2 saturated heterocycles. The third-order valence-electron chi connectivity index (χ3n) is 8.28. The number of benzene rings is 1. The third kappa shape index (κ3) is 6.01. The van der Waals surface area contributed by atoms with Crippen molar-refractivity contribution in [3.63, 3.8) is 0 Å². The van der Waals surface area contributed by atoms with Gasteiger partial charge in [0, 0.05) is 51.0 Å². The van der Waals surface area contributed by atoms with E-state index in [1.54, 1.807) is 18.5 Å². The third-order valence-corrected chi connectivity index (χ3v) is 8.28. The highest BCUT2D eigenvalue weighted by Crippen LogP contribution is 2.38. The molecule has 3 atom stereocenters. The van der Waals surface area contributed by atoms with E-state index >= 15 is 0 Å². The maximum Gasteiger partial charge on any atom is 0.321 e. The average molecular weight is 479 g/mol. The second kappa shape index (κ2) is 11.5. The first-order chi connectivity index (χ1) is 17.2. The van der Waals surface area contributed by atoms with E-state index in [-0.39, 0.29) is 18.1 Å². The van der Waals surface area contributed by atoms with Crippen LogP contribution in [0.5, 0.6) is 6.01 Å². The Morgan fingerprint density at radius 1 is 0.971 bits per heavy atom. The molecule has 2 aliphatic heterocycles. The highest BCUT2D eigenvalue weighted by molar-refractivity contribution is 5.74. The van der Waals surface area contributed by atoms with Crippen LogP contribution in [0.2, 0.25) is 0 Å². The fourth-order valence-corrected chi connectivity index (χ4v) is 6.54. The summed E-state index contributed by atoms with van der Waals surface area (Å²) in [4.78, 5) is 25.7. The number of piperidine rings is 1. The Bertz CT molecular complexity index is 930. The second-order valence-electron chi connectivity index (χ2n) is 10.6. The Kier molecular flexibility index (Phi) is 7.94. The molecular formula is C28H38N4O3. The van der Waals surface area contributed by atoms with Gasteiger partial charge in [0.1, 0.15) is 12.1 Å². The van der Waals surface area contributed by atoms with E-state index in [1.165, 1.54) is 24.8 Å². The maximum absolute atomic E-state index is 12.4. The fourth-order valence-electron chi connectivity index (χ4n) is 6.54. The average Bonchev–Trinajstić information content (AvgIpc) is 3.30. The van der Waals surface area contributed by atoms with Crippen molar-refractivity contribution in [2.75, 3.05) is 32.7 Å². The number of rotatable bonds is 8. The molecule has 1 aromatic heterocycles. The van der Waals surface area contributed by atoms with Gasteiger partial charge in [-0.15, -0.1) is 0 Å². The monoisotopic (exact) mass is 478 g/mol. The Balaban J connectivity index is 1.24. The van der Waals surface area contributed by atoms with Crippen molar-refractivity contribution in [2.45, 2.75) is 63.0 Å². The van der Waals surface area contributed by atoms with Crippen molar-refractivity contribution < 1.29 is 14.6 Å². The van der Waals surface area contributed by atoms with Crippen LogP contribution in [-0.2, 0) is 4.79 Å². The molecule has 0 bridgehead atoms. The standard InChI is InChI=1S/C28H38N4O3/c33-27(34)26(22-10-5-2-6-11-22)32-19-23(25(20-32)21-8-3-1-4-9-21)18-31-16-12-24(13-17-31)35-28-29-14-7-15-30-28/h1,3-4,7-9,14-15,22-26H,2,5-6,10-13,16-20H2,(H,33,34)/t23-,25+,26+/m0/s1. The van der Waals surface area contributed by atoms with Crippen LogP contribution >= 0.6 is 0 Å². The number of hydrogen-bond donors (Lipinski definition) is 1. The summed E-state index contributed by atoms with van der Waals surface area (Å²) in [5.41, 5.74) is 1.34. The van der Waals surface area contributed by atoms with Crippen LogP contribution in [0.4, 0.5) is 0 Å². The maximum atomic E-state index is 12.4. The highest BCUT2D eigenvalue weighted by atomic mass is 16.5. The van der Waals surface area contributed by atoms with Crippen LogP contribution in [0.15, 0.2) is 48.8 Å². The summed E-state index contributed by atoms with van der Waals surface area (Å²) in [5, 5.41) is 10.2. The zero-order valence-corrected chi connectivity index (χ0v) is 20.5. The number of aliphatic carboxylic acids is 1. The van der Waals surface area contributed by atoms with E-state index < -0.39 is 5.97 Å². The van der Waals surface area contributed by atoms with Crippen LogP contribution in [0.3, 0.4) is 0 Å². The van der Waals surface area contributed by atoms with E-state index in [0.29, 0.717) is 17.8 Å². The van der Waals surface area contributed by atoms with E-state index in [0.717, 1.165) is 58.4 Å². The molecule has 188 valence electrons. The Morgan fingerprint density at radius 2 is 1.69 bits per heavy atom. The van der Waals surface area contributed by atoms with Gasteiger partial charge in [-0.25, -0.2) is 9.97 Å². The van der Waals surface area contributed by atoms with E-state index in [4.69, 9.17) is 4.74 Å². The SMILES string of the molecule is O=C(O)[C@@H](C1CCCCC1)N1C[C@H](CN2CCC(Oc3ncccn3)CC2)[C@@H](c2ccccc2)C1. The first-order valence-electron chi connectivity index (χ1n) is 13.3. The molecule has 1 aromatic carbocycles. The van der Waals surface area contributed by atoms with Gasteiger partial charge in [0.05, 0.1) is 0 Å². The van der Waals surface area contributed by atoms with Crippen LogP contribution in [0.1, 0.15) is 56.4 Å². The summed E-state index contributed by atoms with van der Waals surface area (Å²) >= 11 is 0. The van der Waals surface area contributed by atoms with Gasteiger partial charge in [-0.1, -0.05) is 49.6 Å². The van der Waals surface area contributed by atoms with Gasteiger partial charge in [0.25, 0.3) is 0 Å². The molecule has 1 N–H and O–H groups in total. The first-order valence-corrected chi connectivity index (χ1v) is 13.3. The molecule has 3 aliphatic rings. The molecule has 0 unspecified atom stereocenters. The second-order valence-corrected chi connectivity index (χ2v) is 10.6. The van der Waals surface area contributed by atoms with Crippen molar-refractivity contribution in [3.8, 4) is 6.01 Å². The zero-order chi connectivity index (χ0) is 24.0. The van der Waals surface area contributed by atoms with Crippen LogP contribution in [0, 0.1) is 11.8 Å². The largest absolute Gasteiger partial charge is 0.480 e. The number of carbonyl (C=O) groups is 1. The minimum Gasteiger partial charge on any atom is -0.480 e. The Labute approximate surface area is 208 Å². The lowest BCUT2D eigenvalue weighted by atomic mass is 9.83. The van der Waals surface area contributed by atoms with Crippen LogP contribution < -0.4 is 4.74 Å². The Hall–Kier alpha value is -2.51. The van der Waals surface area contributed by atoms with Crippen LogP contribution in [-0.4, -0.2) is 75.7 Å². The summed E-state index contributed by atoms with van der Waals surface area (Å²) in [6.07, 6.45) is 11.2. The first kappa shape index (κ1) is 24.2. The molecule has 0 spiro atoms. The molecule has 35 heavy (non-hydrogen) atoms. The number of likely N-dealkylation sites (tertiary alicyclic amines) is 2. The quantitative estimate of drug-likeness (QED) is 0.613. The minimum absolute atomic E-state index is 0.154. The summed E-state index contributed by atoms with van der Waals surface area (Å²) in [5.74, 6) is 0.445. The lowest BCUT2D eigenvalue weighted by molar-refractivity contribution is -0.145. The molecule has 1 aliphatic carbocycles. The van der Waals surface area contributed by atoms with Crippen LogP contribution in [0.25, 0.3) is 0 Å². The van der Waals surface area contributed by atoms with Crippen molar-refractivity contribution in [3.05, 3.63) is 54.4 Å². The van der Waals surface area contributed by atoms with Gasteiger partial charge in [0.15, 0.2) is 0 Å². The molecule has 7 heteroatoms. The lowest BCUT2D eigenvalue weighted by Gasteiger charge is -2.35. The van der Waals surface area contributed by atoms with E-state index in [2.05, 4.69) is 50.1 Å². The number of carboxylic acid groups (broad SMARTS) is 1. The Morgan fingerprint density at radius 3 is 2.37 bits per heavy atom. The summed E-state index contributed by atoms with van der Waals surface area (Å²) in [6.45, 7) is 4.68. The number of hydrogen-bond acceptors (Lipinski definition) is 6. The summed E-state index contributed by atoms with van der Waals surface area (Å²) < 4.78 is 5.98. The molecule has 7 nitrogen and oxygen atoms in total. The topological polar surface area (TPSA) is 78.8 Å². The minimum atomic E-state index is -0.634. The summed E-state index contributed by atoms with van der Waals surface area (Å²) in [6, 6.07) is 12.6. The van der Waals surface area contributed by atoms with Crippen molar-refractivity contribution >= 4 is 5.97 Å². The van der Waals surface area contributed by atoms with Gasteiger partial charge in [-0.2, -0.15) is 0 Å². The number of nitrogens with zero attached hydrogens (tertiary/aromatic N) is 4. The number of carboxylic acids is 1. The van der Waals surface area contributed by atoms with Gasteiger partial charge in [0.2, 0.25) is 0 Å².